The number of hydrogen-bond acceptors (Lipinski definition) is 5. The fourth-order valence-corrected chi connectivity index (χ4v) is 5.04. The lowest BCUT2D eigenvalue weighted by atomic mass is 10.1. The Kier molecular flexibility index (Phi) is 6.64. The second-order valence-corrected chi connectivity index (χ2v) is 9.26. The van der Waals surface area contributed by atoms with E-state index in [9.17, 15) is 22.3 Å². The largest absolute Gasteiger partial charge is 0.491 e. The zero-order valence-electron chi connectivity index (χ0n) is 15.3. The fraction of sp³-hybridized carbons (Fsp3) is 0.400. The molecule has 2 aromatic carbocycles. The van der Waals surface area contributed by atoms with Crippen LogP contribution in [0.15, 0.2) is 48.5 Å². The fourth-order valence-electron chi connectivity index (χ4n) is 3.28. The molecule has 0 saturated carbocycles. The van der Waals surface area contributed by atoms with Crippen LogP contribution < -0.4 is 4.74 Å². The molecule has 1 aliphatic rings. The molecular formula is C20H23F2NO4S. The average molecular weight is 411 g/mol. The summed E-state index contributed by atoms with van der Waals surface area (Å²) in [6.45, 7) is 0.595. The molecule has 3 rings (SSSR count). The zero-order valence-corrected chi connectivity index (χ0v) is 16.1. The molecule has 0 spiro atoms. The Hall–Kier alpha value is -2.03. The summed E-state index contributed by atoms with van der Waals surface area (Å²) in [6, 6.07) is 11.3. The van der Waals surface area contributed by atoms with Crippen LogP contribution in [-0.2, 0) is 16.4 Å². The van der Waals surface area contributed by atoms with Crippen LogP contribution in [-0.4, -0.2) is 55.2 Å². The molecule has 0 aliphatic carbocycles. The number of aliphatic hydroxyl groups excluding tert-OH is 1. The van der Waals surface area contributed by atoms with Gasteiger partial charge in [0.15, 0.2) is 9.84 Å². The molecule has 0 amide bonds. The highest BCUT2D eigenvalue weighted by atomic mass is 32.2. The Bertz CT molecular complexity index is 872. The van der Waals surface area contributed by atoms with Crippen molar-refractivity contribution in [2.75, 3.05) is 24.7 Å². The molecule has 2 atom stereocenters. The van der Waals surface area contributed by atoms with E-state index in [0.29, 0.717) is 18.7 Å². The normalized spacial score (nSPS) is 19.6. The first-order chi connectivity index (χ1) is 13.3. The van der Waals surface area contributed by atoms with Crippen LogP contribution in [0.4, 0.5) is 8.78 Å². The van der Waals surface area contributed by atoms with Crippen LogP contribution in [0.1, 0.15) is 12.0 Å². The molecule has 0 aromatic heterocycles. The third-order valence-electron chi connectivity index (χ3n) is 4.73. The molecule has 2 unspecified atom stereocenters. The van der Waals surface area contributed by atoms with E-state index in [0.717, 1.165) is 5.56 Å². The minimum absolute atomic E-state index is 0.00891. The zero-order chi connectivity index (χ0) is 20.1. The quantitative estimate of drug-likeness (QED) is 0.723. The van der Waals surface area contributed by atoms with Gasteiger partial charge in [-0.3, -0.25) is 4.90 Å². The van der Waals surface area contributed by atoms with E-state index in [1.165, 1.54) is 36.4 Å². The summed E-state index contributed by atoms with van der Waals surface area (Å²) in [5.74, 6) is -0.110. The van der Waals surface area contributed by atoms with Gasteiger partial charge < -0.3 is 9.84 Å². The smallest absolute Gasteiger partial charge is 0.151 e. The summed E-state index contributed by atoms with van der Waals surface area (Å²) in [7, 11) is -3.08. The Balaban J connectivity index is 1.63. The van der Waals surface area contributed by atoms with Gasteiger partial charge in [-0.1, -0.05) is 12.1 Å². The van der Waals surface area contributed by atoms with Gasteiger partial charge in [0, 0.05) is 19.1 Å². The van der Waals surface area contributed by atoms with Gasteiger partial charge in [-0.25, -0.2) is 17.2 Å². The van der Waals surface area contributed by atoms with Gasteiger partial charge >= 0.3 is 0 Å². The number of nitrogens with zero attached hydrogens (tertiary/aromatic N) is 1. The SMILES string of the molecule is O=S1(=O)CCC(N(Cc2ccc(F)cc2)CC(O)COc2ccc(F)cc2)C1. The lowest BCUT2D eigenvalue weighted by Gasteiger charge is -2.30. The van der Waals surface area contributed by atoms with E-state index in [4.69, 9.17) is 4.74 Å². The minimum Gasteiger partial charge on any atom is -0.491 e. The lowest BCUT2D eigenvalue weighted by Crippen LogP contribution is -2.42. The predicted octanol–water partition coefficient (Wildman–Crippen LogP) is 2.39. The Labute approximate surface area is 163 Å². The Morgan fingerprint density at radius 2 is 1.68 bits per heavy atom. The highest BCUT2D eigenvalue weighted by Gasteiger charge is 2.33. The van der Waals surface area contributed by atoms with E-state index in [-0.39, 0.29) is 42.3 Å². The van der Waals surface area contributed by atoms with Gasteiger partial charge in [-0.05, 0) is 48.4 Å². The molecule has 5 nitrogen and oxygen atoms in total. The van der Waals surface area contributed by atoms with Crippen LogP contribution in [0.25, 0.3) is 0 Å². The van der Waals surface area contributed by atoms with Gasteiger partial charge in [0.1, 0.15) is 30.1 Å². The van der Waals surface area contributed by atoms with Crippen LogP contribution in [0.2, 0.25) is 0 Å². The minimum atomic E-state index is -3.08. The molecule has 0 bridgehead atoms. The van der Waals surface area contributed by atoms with Gasteiger partial charge in [0.05, 0.1) is 11.5 Å². The van der Waals surface area contributed by atoms with Crippen molar-refractivity contribution in [2.24, 2.45) is 0 Å². The first-order valence-corrected chi connectivity index (χ1v) is 10.9. The van der Waals surface area contributed by atoms with E-state index in [2.05, 4.69) is 0 Å². The van der Waals surface area contributed by atoms with Crippen LogP contribution in [0, 0.1) is 11.6 Å². The van der Waals surface area contributed by atoms with E-state index >= 15 is 0 Å². The number of benzene rings is 2. The molecule has 1 heterocycles. The van der Waals surface area contributed by atoms with Crippen molar-refractivity contribution in [1.82, 2.24) is 4.90 Å². The van der Waals surface area contributed by atoms with Crippen molar-refractivity contribution in [3.63, 3.8) is 0 Å². The van der Waals surface area contributed by atoms with E-state index < -0.39 is 15.9 Å². The van der Waals surface area contributed by atoms with E-state index in [1.807, 2.05) is 4.90 Å². The lowest BCUT2D eigenvalue weighted by molar-refractivity contribution is 0.0524. The number of halogens is 2. The molecular weight excluding hydrogens is 388 g/mol. The highest BCUT2D eigenvalue weighted by molar-refractivity contribution is 7.91. The van der Waals surface area contributed by atoms with Crippen molar-refractivity contribution in [1.29, 1.82) is 0 Å². The Morgan fingerprint density at radius 1 is 1.07 bits per heavy atom. The van der Waals surface area contributed by atoms with Crippen LogP contribution in [0.5, 0.6) is 5.75 Å². The first kappa shape index (κ1) is 20.7. The first-order valence-electron chi connectivity index (χ1n) is 9.06. The molecule has 2 aromatic rings. The van der Waals surface area contributed by atoms with Crippen molar-refractivity contribution < 1.29 is 27.0 Å². The second-order valence-electron chi connectivity index (χ2n) is 7.03. The molecule has 1 N–H and O–H groups in total. The summed E-state index contributed by atoms with van der Waals surface area (Å²) in [6.07, 6.45) is -0.372. The topological polar surface area (TPSA) is 66.8 Å². The molecule has 152 valence electrons. The average Bonchev–Trinajstić information content (AvgIpc) is 3.02. The number of ether oxygens (including phenoxy) is 1. The standard InChI is InChI=1S/C20H23F2NO4S/c21-16-3-1-15(2-4-16)11-23(18-9-10-28(25,26)14-18)12-19(24)13-27-20-7-5-17(22)6-8-20/h1-8,18-19,24H,9-14H2. The number of hydrogen-bond donors (Lipinski definition) is 1. The van der Waals surface area contributed by atoms with Crippen LogP contribution in [0.3, 0.4) is 0 Å². The molecule has 1 fully saturated rings. The van der Waals surface area contributed by atoms with Gasteiger partial charge in [0.2, 0.25) is 0 Å². The molecule has 1 aliphatic heterocycles. The summed E-state index contributed by atoms with van der Waals surface area (Å²) < 4.78 is 55.3. The molecule has 0 radical (unpaired) electrons. The Morgan fingerprint density at radius 3 is 2.25 bits per heavy atom. The predicted molar refractivity (Wildman–Crippen MR) is 102 cm³/mol. The molecule has 28 heavy (non-hydrogen) atoms. The monoisotopic (exact) mass is 411 g/mol. The van der Waals surface area contributed by atoms with E-state index in [1.54, 1.807) is 12.1 Å². The van der Waals surface area contributed by atoms with Crippen molar-refractivity contribution in [3.05, 3.63) is 65.7 Å². The molecule has 1 saturated heterocycles. The van der Waals surface area contributed by atoms with Crippen molar-refractivity contribution in [3.8, 4) is 5.75 Å². The van der Waals surface area contributed by atoms with Crippen LogP contribution >= 0.6 is 0 Å². The number of aliphatic hydroxyl groups is 1. The summed E-state index contributed by atoms with van der Waals surface area (Å²) in [4.78, 5) is 1.90. The van der Waals surface area contributed by atoms with Crippen molar-refractivity contribution >= 4 is 9.84 Å². The molecule has 8 heteroatoms. The maximum absolute atomic E-state index is 13.2. The third kappa shape index (κ3) is 5.98. The number of sulfone groups is 1. The highest BCUT2D eigenvalue weighted by Crippen LogP contribution is 2.21. The van der Waals surface area contributed by atoms with Gasteiger partial charge in [0.25, 0.3) is 0 Å². The van der Waals surface area contributed by atoms with Gasteiger partial charge in [-0.2, -0.15) is 0 Å². The number of rotatable bonds is 8. The summed E-state index contributed by atoms with van der Waals surface area (Å²) >= 11 is 0. The maximum atomic E-state index is 13.2. The second kappa shape index (κ2) is 8.98. The van der Waals surface area contributed by atoms with Gasteiger partial charge in [-0.15, -0.1) is 0 Å². The van der Waals surface area contributed by atoms with Crippen molar-refractivity contribution in [2.45, 2.75) is 25.1 Å². The third-order valence-corrected chi connectivity index (χ3v) is 6.48. The summed E-state index contributed by atoms with van der Waals surface area (Å²) in [5, 5.41) is 10.4. The summed E-state index contributed by atoms with van der Waals surface area (Å²) in [5.41, 5.74) is 0.831. The maximum Gasteiger partial charge on any atom is 0.151 e.